The van der Waals surface area contributed by atoms with Crippen LogP contribution in [0.15, 0.2) is 36.4 Å². The van der Waals surface area contributed by atoms with Crippen molar-refractivity contribution in [2.75, 3.05) is 32.1 Å². The number of ether oxygens (including phenoxy) is 1. The number of halogens is 1. The number of nitrogens with zero attached hydrogens (tertiary/aromatic N) is 4. The van der Waals surface area contributed by atoms with Gasteiger partial charge in [-0.05, 0) is 30.2 Å². The van der Waals surface area contributed by atoms with Gasteiger partial charge in [0.1, 0.15) is 11.9 Å². The molecule has 0 bridgehead atoms. The largest absolute Gasteiger partial charge is 0.472 e. The van der Waals surface area contributed by atoms with Crippen LogP contribution in [0.1, 0.15) is 12.0 Å². The molecule has 1 aromatic carbocycles. The second kappa shape index (κ2) is 7.55. The zero-order valence-corrected chi connectivity index (χ0v) is 15.5. The highest BCUT2D eigenvalue weighted by molar-refractivity contribution is 7.88. The van der Waals surface area contributed by atoms with Gasteiger partial charge in [-0.3, -0.25) is 0 Å². The number of aromatic nitrogens is 2. The van der Waals surface area contributed by atoms with Crippen LogP contribution in [0, 0.1) is 5.82 Å². The zero-order chi connectivity index (χ0) is 18.7. The van der Waals surface area contributed by atoms with Gasteiger partial charge in [0.05, 0.1) is 12.3 Å². The second-order valence-electron chi connectivity index (χ2n) is 6.40. The minimum atomic E-state index is -3.53. The van der Waals surface area contributed by atoms with Gasteiger partial charge in [0, 0.05) is 26.7 Å². The average molecular weight is 380 g/mol. The Morgan fingerprint density at radius 2 is 2.08 bits per heavy atom. The molecular weight excluding hydrogens is 359 g/mol. The summed E-state index contributed by atoms with van der Waals surface area (Å²) in [5, 5.41) is 8.04. The molecule has 140 valence electrons. The van der Waals surface area contributed by atoms with E-state index in [0.717, 1.165) is 0 Å². The first-order valence-electron chi connectivity index (χ1n) is 8.23. The van der Waals surface area contributed by atoms with Crippen molar-refractivity contribution in [2.45, 2.75) is 18.3 Å². The molecule has 0 aliphatic carbocycles. The van der Waals surface area contributed by atoms with Gasteiger partial charge in [0.25, 0.3) is 0 Å². The van der Waals surface area contributed by atoms with Crippen LogP contribution in [0.2, 0.25) is 0 Å². The van der Waals surface area contributed by atoms with E-state index in [9.17, 15) is 12.8 Å². The standard InChI is InChI=1S/C17H21FN4O3S/c1-21(2)16-6-7-17(20-19-16)25-15-8-9-22(11-15)26(23,24)12-13-4-3-5-14(18)10-13/h3-7,10,15H,8-9,11-12H2,1-2H3. The third-order valence-corrected chi connectivity index (χ3v) is 5.93. The highest BCUT2D eigenvalue weighted by Gasteiger charge is 2.32. The van der Waals surface area contributed by atoms with Crippen molar-refractivity contribution in [2.24, 2.45) is 0 Å². The molecule has 2 heterocycles. The molecule has 1 fully saturated rings. The van der Waals surface area contributed by atoms with E-state index in [0.29, 0.717) is 30.2 Å². The van der Waals surface area contributed by atoms with E-state index in [-0.39, 0.29) is 18.4 Å². The van der Waals surface area contributed by atoms with Crippen molar-refractivity contribution in [3.05, 3.63) is 47.8 Å². The summed E-state index contributed by atoms with van der Waals surface area (Å²) in [6.45, 7) is 0.611. The number of rotatable bonds is 6. The summed E-state index contributed by atoms with van der Waals surface area (Å²) in [6, 6.07) is 9.14. The molecule has 0 saturated carbocycles. The van der Waals surface area contributed by atoms with E-state index < -0.39 is 15.8 Å². The Kier molecular flexibility index (Phi) is 5.38. The monoisotopic (exact) mass is 380 g/mol. The Bertz CT molecular complexity index is 859. The Labute approximate surface area is 152 Å². The lowest BCUT2D eigenvalue weighted by molar-refractivity contribution is 0.204. The second-order valence-corrected chi connectivity index (χ2v) is 8.37. The number of benzene rings is 1. The Morgan fingerprint density at radius 3 is 2.73 bits per heavy atom. The van der Waals surface area contributed by atoms with E-state index in [1.54, 1.807) is 18.2 Å². The van der Waals surface area contributed by atoms with Crippen LogP contribution in [0.25, 0.3) is 0 Å². The van der Waals surface area contributed by atoms with E-state index in [1.807, 2.05) is 19.0 Å². The molecule has 9 heteroatoms. The SMILES string of the molecule is CN(C)c1ccc(OC2CCN(S(=O)(=O)Cc3cccc(F)c3)C2)nn1. The minimum absolute atomic E-state index is 0.227. The first-order chi connectivity index (χ1) is 12.3. The van der Waals surface area contributed by atoms with Crippen molar-refractivity contribution in [3.63, 3.8) is 0 Å². The fourth-order valence-electron chi connectivity index (χ4n) is 2.76. The van der Waals surface area contributed by atoms with Crippen LogP contribution in [0.3, 0.4) is 0 Å². The lowest BCUT2D eigenvalue weighted by atomic mass is 10.2. The summed E-state index contributed by atoms with van der Waals surface area (Å²) in [6.07, 6.45) is 0.288. The van der Waals surface area contributed by atoms with Gasteiger partial charge in [-0.15, -0.1) is 10.2 Å². The van der Waals surface area contributed by atoms with Crippen LogP contribution in [-0.4, -0.2) is 56.2 Å². The normalized spacial score (nSPS) is 18.0. The van der Waals surface area contributed by atoms with Gasteiger partial charge in [-0.25, -0.2) is 12.8 Å². The van der Waals surface area contributed by atoms with Gasteiger partial charge in [-0.2, -0.15) is 4.31 Å². The quantitative estimate of drug-likeness (QED) is 0.759. The summed E-state index contributed by atoms with van der Waals surface area (Å²) in [4.78, 5) is 1.83. The molecule has 0 N–H and O–H groups in total. The fourth-order valence-corrected chi connectivity index (χ4v) is 4.32. The molecule has 3 rings (SSSR count). The number of hydrogen-bond acceptors (Lipinski definition) is 6. The van der Waals surface area contributed by atoms with Crippen LogP contribution in [-0.2, 0) is 15.8 Å². The molecule has 7 nitrogen and oxygen atoms in total. The highest BCUT2D eigenvalue weighted by Crippen LogP contribution is 2.22. The maximum absolute atomic E-state index is 13.3. The first-order valence-corrected chi connectivity index (χ1v) is 9.84. The summed E-state index contributed by atoms with van der Waals surface area (Å²) >= 11 is 0. The lowest BCUT2D eigenvalue weighted by Gasteiger charge is -2.17. The molecule has 2 aromatic rings. The van der Waals surface area contributed by atoms with Crippen LogP contribution in [0.4, 0.5) is 10.2 Å². The Morgan fingerprint density at radius 1 is 1.27 bits per heavy atom. The van der Waals surface area contributed by atoms with Crippen molar-refractivity contribution in [3.8, 4) is 5.88 Å². The van der Waals surface area contributed by atoms with E-state index in [2.05, 4.69) is 10.2 Å². The molecule has 1 atom stereocenters. The van der Waals surface area contributed by atoms with Gasteiger partial charge >= 0.3 is 0 Å². The third-order valence-electron chi connectivity index (χ3n) is 4.11. The number of sulfonamides is 1. The fraction of sp³-hybridized carbons (Fsp3) is 0.412. The molecule has 1 aliphatic rings. The molecule has 1 aliphatic heterocycles. The highest BCUT2D eigenvalue weighted by atomic mass is 32.2. The van der Waals surface area contributed by atoms with Crippen molar-refractivity contribution >= 4 is 15.8 Å². The van der Waals surface area contributed by atoms with Crippen molar-refractivity contribution in [1.82, 2.24) is 14.5 Å². The predicted molar refractivity (Wildman–Crippen MR) is 96.0 cm³/mol. The molecule has 1 unspecified atom stereocenters. The molecular formula is C17H21FN4O3S. The Balaban J connectivity index is 1.60. The molecule has 0 radical (unpaired) electrons. The van der Waals surface area contributed by atoms with Crippen molar-refractivity contribution < 1.29 is 17.5 Å². The average Bonchev–Trinajstić information content (AvgIpc) is 3.04. The lowest BCUT2D eigenvalue weighted by Crippen LogP contribution is -2.32. The molecule has 0 amide bonds. The van der Waals surface area contributed by atoms with Crippen LogP contribution >= 0.6 is 0 Å². The van der Waals surface area contributed by atoms with Gasteiger partial charge in [0.15, 0.2) is 5.82 Å². The predicted octanol–water partition coefficient (Wildman–Crippen LogP) is 1.66. The maximum Gasteiger partial charge on any atom is 0.233 e. The van der Waals surface area contributed by atoms with E-state index in [4.69, 9.17) is 4.74 Å². The third kappa shape index (κ3) is 4.47. The summed E-state index contributed by atoms with van der Waals surface area (Å²) in [5.74, 6) is 0.405. The smallest absolute Gasteiger partial charge is 0.233 e. The van der Waals surface area contributed by atoms with Gasteiger partial charge in [-0.1, -0.05) is 12.1 Å². The number of hydrogen-bond donors (Lipinski definition) is 0. The van der Waals surface area contributed by atoms with E-state index >= 15 is 0 Å². The Hall–Kier alpha value is -2.26. The minimum Gasteiger partial charge on any atom is -0.472 e. The first kappa shape index (κ1) is 18.5. The summed E-state index contributed by atoms with van der Waals surface area (Å²) in [5.41, 5.74) is 0.430. The van der Waals surface area contributed by atoms with Crippen LogP contribution < -0.4 is 9.64 Å². The van der Waals surface area contributed by atoms with Crippen molar-refractivity contribution in [1.29, 1.82) is 0 Å². The summed E-state index contributed by atoms with van der Waals surface area (Å²) < 4.78 is 45.5. The number of anilines is 1. The van der Waals surface area contributed by atoms with Gasteiger partial charge < -0.3 is 9.64 Å². The molecule has 26 heavy (non-hydrogen) atoms. The van der Waals surface area contributed by atoms with E-state index in [1.165, 1.54) is 22.5 Å². The molecule has 1 saturated heterocycles. The molecule has 0 spiro atoms. The van der Waals surface area contributed by atoms with Gasteiger partial charge in [0.2, 0.25) is 15.9 Å². The van der Waals surface area contributed by atoms with Crippen LogP contribution in [0.5, 0.6) is 5.88 Å². The topological polar surface area (TPSA) is 75.6 Å². The maximum atomic E-state index is 13.3. The summed E-state index contributed by atoms with van der Waals surface area (Å²) in [7, 11) is 0.199. The molecule has 1 aromatic heterocycles. The zero-order valence-electron chi connectivity index (χ0n) is 14.7.